The lowest BCUT2D eigenvalue weighted by molar-refractivity contribution is 0.440. The predicted molar refractivity (Wildman–Crippen MR) is 85.6 cm³/mol. The van der Waals surface area contributed by atoms with Crippen LogP contribution in [-0.2, 0) is 0 Å². The maximum atomic E-state index is 12.8. The van der Waals surface area contributed by atoms with Crippen molar-refractivity contribution >= 4 is 10.9 Å². The van der Waals surface area contributed by atoms with Gasteiger partial charge < -0.3 is 0 Å². The minimum atomic E-state index is -0.0710. The first-order valence-corrected chi connectivity index (χ1v) is 7.37. The second kappa shape index (κ2) is 6.05. The molecule has 5 nitrogen and oxygen atoms in total. The van der Waals surface area contributed by atoms with Gasteiger partial charge in [-0.15, -0.1) is 0 Å². The van der Waals surface area contributed by atoms with Crippen LogP contribution < -0.4 is 5.56 Å². The fraction of sp³-hybridized carbons (Fsp3) is 0.294. The Morgan fingerprint density at radius 3 is 2.68 bits per heavy atom. The predicted octanol–water partition coefficient (Wildman–Crippen LogP) is 2.82. The molecule has 0 aromatic carbocycles. The summed E-state index contributed by atoms with van der Waals surface area (Å²) in [5.41, 5.74) is 1.63. The summed E-state index contributed by atoms with van der Waals surface area (Å²) in [5.74, 6) is 0.446. The average Bonchev–Trinajstić information content (AvgIpc) is 2.54. The topological polar surface area (TPSA) is 60.7 Å². The summed E-state index contributed by atoms with van der Waals surface area (Å²) in [5, 5.41) is 0.544. The van der Waals surface area contributed by atoms with Crippen LogP contribution in [0.25, 0.3) is 10.9 Å². The molecule has 3 aromatic heterocycles. The van der Waals surface area contributed by atoms with Crippen LogP contribution in [0.2, 0.25) is 0 Å². The van der Waals surface area contributed by atoms with Crippen LogP contribution in [-0.4, -0.2) is 19.5 Å². The molecule has 0 unspecified atom stereocenters. The Bertz CT molecular complexity index is 827. The van der Waals surface area contributed by atoms with Crippen molar-refractivity contribution in [2.75, 3.05) is 0 Å². The van der Waals surface area contributed by atoms with Gasteiger partial charge >= 0.3 is 0 Å². The van der Waals surface area contributed by atoms with E-state index in [1.165, 1.54) is 0 Å². The second-order valence-electron chi connectivity index (χ2n) is 5.78. The van der Waals surface area contributed by atoms with Gasteiger partial charge in [-0.25, -0.2) is 4.98 Å². The van der Waals surface area contributed by atoms with Crippen molar-refractivity contribution in [1.82, 2.24) is 19.5 Å². The molecule has 112 valence electrons. The largest absolute Gasteiger partial charge is 0.291 e. The first-order chi connectivity index (χ1) is 10.7. The Hall–Kier alpha value is -2.56. The molecule has 0 radical (unpaired) electrons. The fourth-order valence-electron chi connectivity index (χ4n) is 2.63. The summed E-state index contributed by atoms with van der Waals surface area (Å²) >= 11 is 0. The Kier molecular flexibility index (Phi) is 3.96. The normalized spacial score (nSPS) is 12.7. The zero-order chi connectivity index (χ0) is 15.5. The van der Waals surface area contributed by atoms with E-state index >= 15 is 0 Å². The van der Waals surface area contributed by atoms with Crippen molar-refractivity contribution in [2.45, 2.75) is 26.3 Å². The van der Waals surface area contributed by atoms with E-state index in [9.17, 15) is 4.79 Å². The number of fused-ring (bicyclic) bond motifs is 1. The van der Waals surface area contributed by atoms with Crippen molar-refractivity contribution in [3.8, 4) is 0 Å². The van der Waals surface area contributed by atoms with Crippen molar-refractivity contribution < 1.29 is 0 Å². The summed E-state index contributed by atoms with van der Waals surface area (Å²) in [6, 6.07) is 5.57. The van der Waals surface area contributed by atoms with Gasteiger partial charge in [0.05, 0.1) is 23.3 Å². The van der Waals surface area contributed by atoms with E-state index in [1.807, 2.05) is 18.3 Å². The molecule has 0 spiro atoms. The van der Waals surface area contributed by atoms with Crippen molar-refractivity contribution in [1.29, 1.82) is 0 Å². The van der Waals surface area contributed by atoms with Crippen molar-refractivity contribution in [2.24, 2.45) is 5.92 Å². The number of rotatable bonds is 4. The SMILES string of the molecule is CC(C)C[C@H](c1cccnc1)n1cnc2ccncc2c1=O. The smallest absolute Gasteiger partial charge is 0.263 e. The van der Waals surface area contributed by atoms with Crippen LogP contribution in [0.15, 0.2) is 54.1 Å². The van der Waals surface area contributed by atoms with Crippen LogP contribution in [0.5, 0.6) is 0 Å². The van der Waals surface area contributed by atoms with E-state index in [2.05, 4.69) is 28.8 Å². The van der Waals surface area contributed by atoms with E-state index in [4.69, 9.17) is 0 Å². The van der Waals surface area contributed by atoms with Gasteiger partial charge in [-0.2, -0.15) is 0 Å². The van der Waals surface area contributed by atoms with Gasteiger partial charge in [0.15, 0.2) is 0 Å². The number of pyridine rings is 2. The number of aromatic nitrogens is 4. The molecular weight excluding hydrogens is 276 g/mol. The van der Waals surface area contributed by atoms with Gasteiger partial charge in [0.2, 0.25) is 0 Å². The molecular formula is C17H18N4O. The Morgan fingerprint density at radius 2 is 1.95 bits per heavy atom. The van der Waals surface area contributed by atoms with Crippen LogP contribution in [0.1, 0.15) is 31.9 Å². The molecule has 0 fully saturated rings. The zero-order valence-corrected chi connectivity index (χ0v) is 12.7. The molecule has 3 aromatic rings. The van der Waals surface area contributed by atoms with E-state index < -0.39 is 0 Å². The van der Waals surface area contributed by atoms with E-state index in [1.54, 1.807) is 35.6 Å². The Balaban J connectivity index is 2.16. The highest BCUT2D eigenvalue weighted by Gasteiger charge is 2.18. The molecule has 0 N–H and O–H groups in total. The van der Waals surface area contributed by atoms with Crippen molar-refractivity contribution in [3.05, 3.63) is 65.2 Å². The molecule has 0 bridgehead atoms. The Labute approximate surface area is 128 Å². The summed E-state index contributed by atoms with van der Waals surface area (Å²) in [6.45, 7) is 4.29. The highest BCUT2D eigenvalue weighted by atomic mass is 16.1. The van der Waals surface area contributed by atoms with Gasteiger partial charge in [0, 0.05) is 24.8 Å². The third-order valence-corrected chi connectivity index (χ3v) is 3.68. The molecule has 3 rings (SSSR count). The monoisotopic (exact) mass is 294 g/mol. The average molecular weight is 294 g/mol. The van der Waals surface area contributed by atoms with Gasteiger partial charge in [-0.05, 0) is 30.0 Å². The summed E-state index contributed by atoms with van der Waals surface area (Å²) in [6.07, 6.45) is 9.25. The minimum absolute atomic E-state index is 0.0624. The maximum absolute atomic E-state index is 12.8. The maximum Gasteiger partial charge on any atom is 0.263 e. The van der Waals surface area contributed by atoms with Crippen LogP contribution in [0.3, 0.4) is 0 Å². The van der Waals surface area contributed by atoms with Gasteiger partial charge in [-0.3, -0.25) is 19.3 Å². The zero-order valence-electron chi connectivity index (χ0n) is 12.7. The molecule has 0 aliphatic rings. The molecule has 0 saturated heterocycles. The third kappa shape index (κ3) is 2.74. The van der Waals surface area contributed by atoms with Gasteiger partial charge in [-0.1, -0.05) is 19.9 Å². The molecule has 0 amide bonds. The van der Waals surface area contributed by atoms with E-state index in [0.29, 0.717) is 16.8 Å². The van der Waals surface area contributed by atoms with E-state index in [0.717, 1.165) is 12.0 Å². The molecule has 3 heterocycles. The first kappa shape index (κ1) is 14.4. The third-order valence-electron chi connectivity index (χ3n) is 3.68. The second-order valence-corrected chi connectivity index (χ2v) is 5.78. The Morgan fingerprint density at radius 1 is 1.14 bits per heavy atom. The molecule has 0 saturated carbocycles. The first-order valence-electron chi connectivity index (χ1n) is 7.37. The molecule has 0 aliphatic heterocycles. The lowest BCUT2D eigenvalue weighted by Crippen LogP contribution is -2.27. The van der Waals surface area contributed by atoms with Crippen LogP contribution in [0.4, 0.5) is 0 Å². The molecule has 1 atom stereocenters. The summed E-state index contributed by atoms with van der Waals surface area (Å²) in [4.78, 5) is 25.4. The lowest BCUT2D eigenvalue weighted by atomic mass is 9.98. The fourth-order valence-corrected chi connectivity index (χ4v) is 2.63. The molecule has 22 heavy (non-hydrogen) atoms. The molecule has 5 heteroatoms. The highest BCUT2D eigenvalue weighted by molar-refractivity contribution is 5.75. The quantitative estimate of drug-likeness (QED) is 0.742. The number of hydrogen-bond acceptors (Lipinski definition) is 4. The standard InChI is InChI=1S/C17H18N4O/c1-12(2)8-16(13-4-3-6-18-9-13)21-11-20-15-5-7-19-10-14(15)17(21)22/h3-7,9-12,16H,8H2,1-2H3/t16-/m1/s1. The molecule has 0 aliphatic carbocycles. The van der Waals surface area contributed by atoms with Crippen LogP contribution in [0, 0.1) is 5.92 Å². The van der Waals surface area contributed by atoms with Gasteiger partial charge in [0.1, 0.15) is 0 Å². The summed E-state index contributed by atoms with van der Waals surface area (Å²) in [7, 11) is 0. The van der Waals surface area contributed by atoms with Crippen LogP contribution >= 0.6 is 0 Å². The summed E-state index contributed by atoms with van der Waals surface area (Å²) < 4.78 is 1.70. The van der Waals surface area contributed by atoms with E-state index in [-0.39, 0.29) is 11.6 Å². The number of nitrogens with zero attached hydrogens (tertiary/aromatic N) is 4. The van der Waals surface area contributed by atoms with Crippen molar-refractivity contribution in [3.63, 3.8) is 0 Å². The highest BCUT2D eigenvalue weighted by Crippen LogP contribution is 2.24. The minimum Gasteiger partial charge on any atom is -0.291 e. The lowest BCUT2D eigenvalue weighted by Gasteiger charge is -2.21. The van der Waals surface area contributed by atoms with Gasteiger partial charge in [0.25, 0.3) is 5.56 Å². The number of hydrogen-bond donors (Lipinski definition) is 0.